The van der Waals surface area contributed by atoms with Crippen molar-refractivity contribution in [1.29, 1.82) is 0 Å². The Hall–Kier alpha value is -1.88. The van der Waals surface area contributed by atoms with Crippen molar-refractivity contribution < 1.29 is 9.90 Å². The van der Waals surface area contributed by atoms with Gasteiger partial charge >= 0.3 is 0 Å². The van der Waals surface area contributed by atoms with Crippen LogP contribution in [-0.4, -0.2) is 17.6 Å². The quantitative estimate of drug-likeness (QED) is 0.786. The molecule has 0 heterocycles. The topological polar surface area (TPSA) is 75.4 Å². The van der Waals surface area contributed by atoms with Crippen molar-refractivity contribution in [2.45, 2.75) is 26.0 Å². The molecule has 0 aromatic heterocycles. The summed E-state index contributed by atoms with van der Waals surface area (Å²) in [5.41, 5.74) is 9.63. The highest BCUT2D eigenvalue weighted by molar-refractivity contribution is 5.85. The van der Waals surface area contributed by atoms with E-state index in [1.807, 2.05) is 62.4 Å². The molecule has 2 unspecified atom stereocenters. The minimum atomic E-state index is -0.740. The molecule has 4 N–H and O–H groups in total. The lowest BCUT2D eigenvalue weighted by molar-refractivity contribution is -0.122. The molecule has 23 heavy (non-hydrogen) atoms. The van der Waals surface area contributed by atoms with Crippen LogP contribution in [0.1, 0.15) is 34.4 Å². The normalized spacial score (nSPS) is 12.9. The molecule has 0 aliphatic heterocycles. The third-order valence-corrected chi connectivity index (χ3v) is 3.74. The Labute approximate surface area is 143 Å². The Balaban J connectivity index is 0.00000264. The van der Waals surface area contributed by atoms with Gasteiger partial charge in [-0.25, -0.2) is 0 Å². The van der Waals surface area contributed by atoms with Gasteiger partial charge in [-0.1, -0.05) is 54.1 Å². The summed E-state index contributed by atoms with van der Waals surface area (Å²) in [7, 11) is 0. The SMILES string of the molecule is Cc1ccc(C(N)C(=O)NCC(O)c2ccccc2C)cc1.Cl. The number of nitrogens with two attached hydrogens (primary N) is 1. The number of aliphatic hydroxyl groups excluding tert-OH is 1. The molecule has 0 aliphatic rings. The number of benzene rings is 2. The second-order valence-electron chi connectivity index (χ2n) is 5.51. The van der Waals surface area contributed by atoms with E-state index >= 15 is 0 Å². The van der Waals surface area contributed by atoms with Crippen LogP contribution < -0.4 is 11.1 Å². The first-order chi connectivity index (χ1) is 10.5. The molecule has 0 aliphatic carbocycles. The molecule has 0 saturated carbocycles. The van der Waals surface area contributed by atoms with Gasteiger partial charge in [-0.05, 0) is 30.5 Å². The average molecular weight is 335 g/mol. The predicted molar refractivity (Wildman–Crippen MR) is 94.5 cm³/mol. The molecule has 1 amide bonds. The highest BCUT2D eigenvalue weighted by Crippen LogP contribution is 2.17. The summed E-state index contributed by atoms with van der Waals surface area (Å²) < 4.78 is 0. The number of nitrogens with one attached hydrogen (secondary N) is 1. The molecule has 0 radical (unpaired) electrons. The number of hydrogen-bond donors (Lipinski definition) is 3. The average Bonchev–Trinajstić information content (AvgIpc) is 2.52. The van der Waals surface area contributed by atoms with Crippen LogP contribution in [0.5, 0.6) is 0 Å². The van der Waals surface area contributed by atoms with E-state index in [1.165, 1.54) is 0 Å². The third-order valence-electron chi connectivity index (χ3n) is 3.74. The molecule has 0 spiro atoms. The first-order valence-corrected chi connectivity index (χ1v) is 7.32. The number of aryl methyl sites for hydroxylation is 2. The summed E-state index contributed by atoms with van der Waals surface area (Å²) in [6.07, 6.45) is -0.740. The van der Waals surface area contributed by atoms with Crippen LogP contribution in [0.4, 0.5) is 0 Å². The molecule has 2 rings (SSSR count). The van der Waals surface area contributed by atoms with Crippen LogP contribution >= 0.6 is 12.4 Å². The molecule has 5 heteroatoms. The van der Waals surface area contributed by atoms with Crippen LogP contribution in [-0.2, 0) is 4.79 Å². The van der Waals surface area contributed by atoms with Crippen LogP contribution in [0, 0.1) is 13.8 Å². The molecule has 0 bridgehead atoms. The fraction of sp³-hybridized carbons (Fsp3) is 0.278. The molecule has 2 atom stereocenters. The summed E-state index contributed by atoms with van der Waals surface area (Å²) >= 11 is 0. The van der Waals surface area contributed by atoms with Gasteiger partial charge in [-0.2, -0.15) is 0 Å². The second kappa shape index (κ2) is 8.67. The lowest BCUT2D eigenvalue weighted by Gasteiger charge is -2.17. The Kier molecular flexibility index (Phi) is 7.23. The van der Waals surface area contributed by atoms with Crippen molar-refractivity contribution in [2.24, 2.45) is 5.73 Å². The van der Waals surface area contributed by atoms with Gasteiger partial charge < -0.3 is 16.2 Å². The van der Waals surface area contributed by atoms with E-state index in [9.17, 15) is 9.90 Å². The molecule has 2 aromatic rings. The Morgan fingerprint density at radius 1 is 1.13 bits per heavy atom. The minimum absolute atomic E-state index is 0. The lowest BCUT2D eigenvalue weighted by atomic mass is 10.0. The zero-order valence-electron chi connectivity index (χ0n) is 13.3. The second-order valence-corrected chi connectivity index (χ2v) is 5.51. The number of carbonyl (C=O) groups is 1. The van der Waals surface area contributed by atoms with Crippen molar-refractivity contribution in [2.75, 3.05) is 6.54 Å². The highest BCUT2D eigenvalue weighted by atomic mass is 35.5. The van der Waals surface area contributed by atoms with E-state index in [0.29, 0.717) is 0 Å². The fourth-order valence-corrected chi connectivity index (χ4v) is 2.30. The Morgan fingerprint density at radius 2 is 1.74 bits per heavy atom. The van der Waals surface area contributed by atoms with Gasteiger partial charge in [0.25, 0.3) is 0 Å². The van der Waals surface area contributed by atoms with E-state index in [1.54, 1.807) is 0 Å². The third kappa shape index (κ3) is 5.06. The summed E-state index contributed by atoms with van der Waals surface area (Å²) in [6.45, 7) is 4.05. The Bertz CT molecular complexity index is 644. The summed E-state index contributed by atoms with van der Waals surface area (Å²) in [4.78, 5) is 12.1. The van der Waals surface area contributed by atoms with E-state index in [0.717, 1.165) is 22.3 Å². The number of aliphatic hydroxyl groups is 1. The van der Waals surface area contributed by atoms with Crippen LogP contribution in [0.2, 0.25) is 0 Å². The molecule has 2 aromatic carbocycles. The smallest absolute Gasteiger partial charge is 0.241 e. The standard InChI is InChI=1S/C18H22N2O2.ClH/c1-12-7-9-14(10-8-12)17(19)18(22)20-11-16(21)15-6-4-3-5-13(15)2;/h3-10,16-17,21H,11,19H2,1-2H3,(H,20,22);1H. The van der Waals surface area contributed by atoms with Crippen molar-refractivity contribution >= 4 is 18.3 Å². The highest BCUT2D eigenvalue weighted by Gasteiger charge is 2.17. The minimum Gasteiger partial charge on any atom is -0.387 e. The largest absolute Gasteiger partial charge is 0.387 e. The molecule has 0 fully saturated rings. The van der Waals surface area contributed by atoms with E-state index < -0.39 is 12.1 Å². The van der Waals surface area contributed by atoms with E-state index in [2.05, 4.69) is 5.32 Å². The van der Waals surface area contributed by atoms with Crippen LogP contribution in [0.25, 0.3) is 0 Å². The monoisotopic (exact) mass is 334 g/mol. The van der Waals surface area contributed by atoms with Gasteiger partial charge in [-0.3, -0.25) is 4.79 Å². The molecular weight excluding hydrogens is 312 g/mol. The zero-order chi connectivity index (χ0) is 16.1. The summed E-state index contributed by atoms with van der Waals surface area (Å²) in [6, 6.07) is 14.4. The first kappa shape index (κ1) is 19.2. The molecule has 4 nitrogen and oxygen atoms in total. The van der Waals surface area contributed by atoms with Crippen molar-refractivity contribution in [1.82, 2.24) is 5.32 Å². The maximum atomic E-state index is 12.1. The van der Waals surface area contributed by atoms with Gasteiger partial charge in [0.2, 0.25) is 5.91 Å². The number of hydrogen-bond acceptors (Lipinski definition) is 3. The lowest BCUT2D eigenvalue weighted by Crippen LogP contribution is -2.36. The van der Waals surface area contributed by atoms with Gasteiger partial charge in [-0.15, -0.1) is 12.4 Å². The predicted octanol–water partition coefficient (Wildman–Crippen LogP) is 2.57. The van der Waals surface area contributed by atoms with Gasteiger partial charge in [0, 0.05) is 6.54 Å². The maximum absolute atomic E-state index is 12.1. The van der Waals surface area contributed by atoms with Crippen molar-refractivity contribution in [3.05, 3.63) is 70.8 Å². The maximum Gasteiger partial charge on any atom is 0.241 e. The summed E-state index contributed by atoms with van der Waals surface area (Å²) in [5.74, 6) is -0.295. The molecule has 0 saturated heterocycles. The van der Waals surface area contributed by atoms with Crippen LogP contribution in [0.15, 0.2) is 48.5 Å². The number of carbonyl (C=O) groups excluding carboxylic acids is 1. The zero-order valence-corrected chi connectivity index (χ0v) is 14.1. The first-order valence-electron chi connectivity index (χ1n) is 7.32. The van der Waals surface area contributed by atoms with Crippen molar-refractivity contribution in [3.8, 4) is 0 Å². The molecular formula is C18H23ClN2O2. The van der Waals surface area contributed by atoms with Crippen molar-refractivity contribution in [3.63, 3.8) is 0 Å². The number of rotatable bonds is 5. The number of amides is 1. The fourth-order valence-electron chi connectivity index (χ4n) is 2.30. The molecule has 124 valence electrons. The van der Waals surface area contributed by atoms with Gasteiger partial charge in [0.1, 0.15) is 6.04 Å². The van der Waals surface area contributed by atoms with Gasteiger partial charge in [0.05, 0.1) is 6.10 Å². The van der Waals surface area contributed by atoms with E-state index in [-0.39, 0.29) is 24.9 Å². The van der Waals surface area contributed by atoms with Crippen LogP contribution in [0.3, 0.4) is 0 Å². The van der Waals surface area contributed by atoms with E-state index in [4.69, 9.17) is 5.73 Å². The van der Waals surface area contributed by atoms with Gasteiger partial charge in [0.15, 0.2) is 0 Å². The summed E-state index contributed by atoms with van der Waals surface area (Å²) in [5, 5.41) is 12.9. The number of halogens is 1. The Morgan fingerprint density at radius 3 is 2.35 bits per heavy atom.